The summed E-state index contributed by atoms with van der Waals surface area (Å²) in [4.78, 5) is 20.4. The highest BCUT2D eigenvalue weighted by molar-refractivity contribution is 6.99. The van der Waals surface area contributed by atoms with Crippen molar-refractivity contribution in [2.24, 2.45) is 0 Å². The summed E-state index contributed by atoms with van der Waals surface area (Å²) < 4.78 is 1.91. The van der Waals surface area contributed by atoms with Crippen LogP contribution in [0.3, 0.4) is 0 Å². The zero-order chi connectivity index (χ0) is 16.5. The van der Waals surface area contributed by atoms with Gasteiger partial charge in [-0.3, -0.25) is 0 Å². The van der Waals surface area contributed by atoms with Crippen molar-refractivity contribution in [3.8, 4) is 0 Å². The molecule has 2 rings (SSSR count). The van der Waals surface area contributed by atoms with Gasteiger partial charge in [0.25, 0.3) is 0 Å². The summed E-state index contributed by atoms with van der Waals surface area (Å²) in [6, 6.07) is 14.4. The number of anilines is 1. The molecule has 0 saturated heterocycles. The quantitative estimate of drug-likeness (QED) is 0.847. The molecule has 1 radical (unpaired) electrons. The summed E-state index contributed by atoms with van der Waals surface area (Å²) in [6.45, 7) is 10.5. The first-order valence-corrected chi connectivity index (χ1v) is 11.7. The molecule has 2 aromatic rings. The molecule has 3 nitrogen and oxygen atoms in total. The number of hydrogen-bond donors (Lipinski definition) is 2. The van der Waals surface area contributed by atoms with Gasteiger partial charge in [-0.05, 0) is 50.2 Å². The van der Waals surface area contributed by atoms with Crippen LogP contribution in [0.15, 0.2) is 42.5 Å². The molecule has 0 aliphatic rings. The van der Waals surface area contributed by atoms with Gasteiger partial charge in [0.15, 0.2) is 8.24 Å². The number of benzene rings is 2. The second-order valence-corrected chi connectivity index (χ2v) is 11.9. The third-order valence-corrected chi connectivity index (χ3v) is 10.1. The van der Waals surface area contributed by atoms with Crippen LogP contribution in [0.25, 0.3) is 0 Å². The molecule has 117 valence electrons. The van der Waals surface area contributed by atoms with E-state index in [4.69, 9.17) is 0 Å². The zero-order valence-corrected chi connectivity index (χ0v) is 15.9. The van der Waals surface area contributed by atoms with Gasteiger partial charge in [-0.2, -0.15) is 0 Å². The second kappa shape index (κ2) is 6.38. The Balaban J connectivity index is 2.62. The molecule has 0 bridgehead atoms. The maximum atomic E-state index is 10.2. The molecule has 22 heavy (non-hydrogen) atoms. The van der Waals surface area contributed by atoms with Crippen molar-refractivity contribution in [2.45, 2.75) is 33.9 Å². The monoisotopic (exact) mass is 330 g/mol. The Morgan fingerprint density at radius 3 is 1.86 bits per heavy atom. The van der Waals surface area contributed by atoms with Crippen molar-refractivity contribution >= 4 is 28.6 Å². The Labute approximate surface area is 135 Å². The van der Waals surface area contributed by atoms with E-state index in [2.05, 4.69) is 44.3 Å². The molecule has 0 spiro atoms. The standard InChI is InChI=1S/C17H24NO2Si2/c1-13-11-14(2)17(15(3)12-13)18(21(19)20)22(4,5)16-9-7-6-8-10-16/h6-12,19-20H,1-5H3. The minimum atomic E-state index is -2.59. The van der Waals surface area contributed by atoms with Crippen molar-refractivity contribution < 1.29 is 9.59 Å². The third-order valence-electron chi connectivity index (χ3n) is 4.10. The first-order chi connectivity index (χ1) is 10.2. The van der Waals surface area contributed by atoms with Crippen LogP contribution in [0.1, 0.15) is 16.7 Å². The summed E-state index contributed by atoms with van der Waals surface area (Å²) in [5, 5.41) is 1.19. The lowest BCUT2D eigenvalue weighted by Crippen LogP contribution is -2.64. The number of hydrogen-bond acceptors (Lipinski definition) is 3. The molecule has 0 aliphatic carbocycles. The normalized spacial score (nSPS) is 11.8. The van der Waals surface area contributed by atoms with Crippen molar-refractivity contribution in [3.05, 3.63) is 59.2 Å². The van der Waals surface area contributed by atoms with E-state index in [1.807, 2.05) is 36.3 Å². The van der Waals surface area contributed by atoms with Crippen molar-refractivity contribution in [1.29, 1.82) is 0 Å². The lowest BCUT2D eigenvalue weighted by atomic mass is 10.1. The van der Waals surface area contributed by atoms with Gasteiger partial charge in [0.2, 0.25) is 0 Å². The molecular formula is C17H24NO2Si2. The molecule has 0 aromatic heterocycles. The van der Waals surface area contributed by atoms with Crippen LogP contribution in [-0.4, -0.2) is 27.3 Å². The molecule has 0 aliphatic heterocycles. The Kier molecular flexibility index (Phi) is 4.91. The van der Waals surface area contributed by atoms with Crippen molar-refractivity contribution in [2.75, 3.05) is 4.23 Å². The SMILES string of the molecule is Cc1cc(C)c(N([Si](O)O)[Si](C)(C)c2ccccc2)c(C)c1. The van der Waals surface area contributed by atoms with Crippen LogP contribution >= 0.6 is 0 Å². The molecule has 2 aromatic carbocycles. The van der Waals surface area contributed by atoms with Crippen molar-refractivity contribution in [1.82, 2.24) is 0 Å². The minimum absolute atomic E-state index is 0.977. The van der Waals surface area contributed by atoms with Crippen molar-refractivity contribution in [3.63, 3.8) is 0 Å². The lowest BCUT2D eigenvalue weighted by Gasteiger charge is -2.40. The molecule has 0 atom stereocenters. The van der Waals surface area contributed by atoms with E-state index < -0.39 is 17.7 Å². The highest BCUT2D eigenvalue weighted by atomic mass is 28.4. The molecule has 0 fully saturated rings. The molecule has 0 amide bonds. The fourth-order valence-electron chi connectivity index (χ4n) is 3.13. The topological polar surface area (TPSA) is 43.7 Å². The van der Waals surface area contributed by atoms with E-state index in [0.717, 1.165) is 16.8 Å². The van der Waals surface area contributed by atoms with E-state index in [9.17, 15) is 9.59 Å². The van der Waals surface area contributed by atoms with Crippen LogP contribution in [0.5, 0.6) is 0 Å². The predicted molar refractivity (Wildman–Crippen MR) is 96.9 cm³/mol. The zero-order valence-electron chi connectivity index (χ0n) is 13.9. The summed E-state index contributed by atoms with van der Waals surface area (Å²) in [5.41, 5.74) is 4.37. The fourth-order valence-corrected chi connectivity index (χ4v) is 8.25. The minimum Gasteiger partial charge on any atom is -0.393 e. The Morgan fingerprint density at radius 2 is 1.41 bits per heavy atom. The van der Waals surface area contributed by atoms with E-state index in [-0.39, 0.29) is 0 Å². The molecule has 5 heteroatoms. The van der Waals surface area contributed by atoms with Gasteiger partial charge < -0.3 is 13.8 Å². The van der Waals surface area contributed by atoms with E-state index >= 15 is 0 Å². The van der Waals surface area contributed by atoms with Gasteiger partial charge in [0.1, 0.15) is 0 Å². The Morgan fingerprint density at radius 1 is 0.909 bits per heavy atom. The maximum absolute atomic E-state index is 10.2. The summed E-state index contributed by atoms with van der Waals surface area (Å²) in [7, 11) is -4.81. The van der Waals surface area contributed by atoms with Crippen LogP contribution in [-0.2, 0) is 0 Å². The van der Waals surface area contributed by atoms with Crippen LogP contribution in [0, 0.1) is 20.8 Å². The summed E-state index contributed by atoms with van der Waals surface area (Å²) in [5.74, 6) is 0. The van der Waals surface area contributed by atoms with Crippen LogP contribution in [0.2, 0.25) is 13.1 Å². The fraction of sp³-hybridized carbons (Fsp3) is 0.294. The third kappa shape index (κ3) is 3.17. The van der Waals surface area contributed by atoms with E-state index in [1.54, 1.807) is 0 Å². The average Bonchev–Trinajstić information content (AvgIpc) is 2.42. The summed E-state index contributed by atoms with van der Waals surface area (Å²) >= 11 is 0. The Bertz CT molecular complexity index is 634. The largest absolute Gasteiger partial charge is 0.514 e. The highest BCUT2D eigenvalue weighted by Gasteiger charge is 2.39. The number of rotatable bonds is 4. The van der Waals surface area contributed by atoms with Gasteiger partial charge in [0, 0.05) is 5.69 Å². The molecule has 0 unspecified atom stereocenters. The smallest absolute Gasteiger partial charge is 0.393 e. The second-order valence-electron chi connectivity index (χ2n) is 6.31. The maximum Gasteiger partial charge on any atom is 0.514 e. The first-order valence-electron chi connectivity index (χ1n) is 7.43. The molecular weight excluding hydrogens is 306 g/mol. The highest BCUT2D eigenvalue weighted by Crippen LogP contribution is 2.30. The van der Waals surface area contributed by atoms with E-state index in [1.165, 1.54) is 10.8 Å². The predicted octanol–water partition coefficient (Wildman–Crippen LogP) is 2.50. The van der Waals surface area contributed by atoms with Gasteiger partial charge in [-0.1, -0.05) is 48.0 Å². The molecule has 0 heterocycles. The molecule has 0 saturated carbocycles. The van der Waals surface area contributed by atoms with Gasteiger partial charge in [0.05, 0.1) is 0 Å². The number of aryl methyl sites for hydroxylation is 3. The average molecular weight is 331 g/mol. The van der Waals surface area contributed by atoms with Gasteiger partial charge >= 0.3 is 9.45 Å². The van der Waals surface area contributed by atoms with E-state index in [0.29, 0.717) is 0 Å². The van der Waals surface area contributed by atoms with Crippen LogP contribution < -0.4 is 9.42 Å². The van der Waals surface area contributed by atoms with Gasteiger partial charge in [-0.25, -0.2) is 0 Å². The van der Waals surface area contributed by atoms with Gasteiger partial charge in [-0.15, -0.1) is 0 Å². The Hall–Kier alpha value is -1.41. The molecule has 2 N–H and O–H groups in total. The first kappa shape index (κ1) is 17.0. The lowest BCUT2D eigenvalue weighted by molar-refractivity contribution is 0.409. The van der Waals surface area contributed by atoms with Crippen LogP contribution in [0.4, 0.5) is 5.69 Å². The summed E-state index contributed by atoms with van der Waals surface area (Å²) in [6.07, 6.45) is 0. The number of nitrogens with zero attached hydrogens (tertiary/aromatic N) is 1.